The molecule has 14 heteroatoms. The van der Waals surface area contributed by atoms with Crippen LogP contribution in [0.3, 0.4) is 0 Å². The van der Waals surface area contributed by atoms with Gasteiger partial charge in [-0.25, -0.2) is 0 Å². The van der Waals surface area contributed by atoms with E-state index in [-0.39, 0.29) is 26.4 Å². The zero-order valence-corrected chi connectivity index (χ0v) is 64.0. The Bertz CT molecular complexity index is 4480. The molecule has 0 aromatic heterocycles. The summed E-state index contributed by atoms with van der Waals surface area (Å²) < 4.78 is 78.8. The Kier molecular flexibility index (Phi) is 26.4. The Labute approximate surface area is 673 Å². The smallest absolute Gasteiger partial charge is 0.123 e. The van der Waals surface area contributed by atoms with E-state index >= 15 is 0 Å². The zero-order chi connectivity index (χ0) is 77.7. The molecule has 0 amide bonds. The minimum absolute atomic E-state index is 0.210. The molecule has 115 heavy (non-hydrogen) atoms. The van der Waals surface area contributed by atoms with Gasteiger partial charge in [-0.3, -0.25) is 0 Å². The fourth-order valence-electron chi connectivity index (χ4n) is 13.1. The van der Waals surface area contributed by atoms with E-state index in [4.69, 9.17) is 56.8 Å². The second-order valence-corrected chi connectivity index (χ2v) is 28.2. The fourth-order valence-corrected chi connectivity index (χ4v) is 13.1. The highest BCUT2D eigenvalue weighted by Gasteiger charge is 2.19. The molecule has 0 radical (unpaired) electrons. The molecule has 0 fully saturated rings. The summed E-state index contributed by atoms with van der Waals surface area (Å²) in [6.45, 7) is 5.55. The molecule has 0 saturated carbocycles. The molecule has 14 aromatic carbocycles. The van der Waals surface area contributed by atoms with Gasteiger partial charge in [-0.2, -0.15) is 0 Å². The van der Waals surface area contributed by atoms with Crippen LogP contribution in [0.4, 0.5) is 0 Å². The van der Waals surface area contributed by atoms with Crippen LogP contribution in [0, 0.1) is 0 Å². The Hall–Kier alpha value is -14.0. The maximum atomic E-state index is 6.84. The number of nitrogens with zero attached hydrogens (tertiary/aromatic N) is 2. The molecule has 1 heterocycles. The van der Waals surface area contributed by atoms with E-state index in [1.807, 2.05) is 231 Å². The van der Waals surface area contributed by atoms with Gasteiger partial charge in [0.05, 0.1) is 6.67 Å². The normalized spacial score (nSPS) is 11.5. The van der Waals surface area contributed by atoms with Gasteiger partial charge < -0.3 is 66.6 Å². The first-order chi connectivity index (χ1) is 56.8. The van der Waals surface area contributed by atoms with Crippen LogP contribution < -0.4 is 56.8 Å². The van der Waals surface area contributed by atoms with Gasteiger partial charge in [-0.05, 0) is 151 Å². The highest BCUT2D eigenvalue weighted by Crippen LogP contribution is 2.35. The summed E-state index contributed by atoms with van der Waals surface area (Å²) in [5.74, 6) is 7.80. The lowest BCUT2D eigenvalue weighted by Crippen LogP contribution is -2.24. The molecule has 0 unspecified atom stereocenters. The lowest BCUT2D eigenvalue weighted by Gasteiger charge is -2.23. The summed E-state index contributed by atoms with van der Waals surface area (Å²) in [5.41, 5.74) is 13.8. The van der Waals surface area contributed by atoms with Crippen LogP contribution in [0.15, 0.2) is 364 Å². The van der Waals surface area contributed by atoms with Crippen molar-refractivity contribution in [2.75, 3.05) is 6.67 Å². The van der Waals surface area contributed by atoms with Crippen LogP contribution in [0.5, 0.6) is 69.0 Å². The first-order valence-electron chi connectivity index (χ1n) is 38.7. The van der Waals surface area contributed by atoms with Gasteiger partial charge >= 0.3 is 0 Å². The number of hydrogen-bond acceptors (Lipinski definition) is 14. The molecule has 15 rings (SSSR count). The van der Waals surface area contributed by atoms with E-state index in [1.165, 1.54) is 0 Å². The van der Waals surface area contributed by atoms with Gasteiger partial charge in [0.15, 0.2) is 0 Å². The summed E-state index contributed by atoms with van der Waals surface area (Å²) in [5, 5.41) is 0. The summed E-state index contributed by atoms with van der Waals surface area (Å²) in [7, 11) is 0. The van der Waals surface area contributed by atoms with Crippen LogP contribution >= 0.6 is 0 Å². The predicted molar refractivity (Wildman–Crippen MR) is 447 cm³/mol. The lowest BCUT2D eigenvalue weighted by atomic mass is 10.1. The summed E-state index contributed by atoms with van der Waals surface area (Å²) in [4.78, 5) is 4.53. The van der Waals surface area contributed by atoms with E-state index in [9.17, 15) is 0 Å². The van der Waals surface area contributed by atoms with Gasteiger partial charge in [0.25, 0.3) is 0 Å². The van der Waals surface area contributed by atoms with Crippen LogP contribution in [0.2, 0.25) is 0 Å². The van der Waals surface area contributed by atoms with Crippen LogP contribution in [-0.2, 0) is 92.4 Å². The first-order valence-corrected chi connectivity index (χ1v) is 38.7. The highest BCUT2D eigenvalue weighted by molar-refractivity contribution is 5.46. The van der Waals surface area contributed by atoms with E-state index in [2.05, 4.69) is 144 Å². The van der Waals surface area contributed by atoms with E-state index in [1.54, 1.807) is 0 Å². The molecular formula is C101H90N2O12. The molecule has 0 bridgehead atoms. The predicted octanol–water partition coefficient (Wildman–Crippen LogP) is 22.4. The molecule has 0 spiro atoms. The van der Waals surface area contributed by atoms with E-state index in [0.717, 1.165) is 77.9 Å². The lowest BCUT2D eigenvalue weighted by molar-refractivity contribution is 0.250. The largest absolute Gasteiger partial charge is 0.489 e. The van der Waals surface area contributed by atoms with E-state index in [0.29, 0.717) is 142 Å². The molecule has 14 nitrogen and oxygen atoms in total. The monoisotopic (exact) mass is 1520 g/mol. The Morgan fingerprint density at radius 1 is 0.148 bits per heavy atom. The molecule has 14 aromatic rings. The molecule has 576 valence electrons. The fraction of sp³-hybridized carbons (Fsp3) is 0.149. The van der Waals surface area contributed by atoms with E-state index < -0.39 is 0 Å². The van der Waals surface area contributed by atoms with Gasteiger partial charge in [0.1, 0.15) is 148 Å². The second-order valence-electron chi connectivity index (χ2n) is 28.2. The standard InChI is InChI=1S/C101H90N2O12/c1-9-25-76(26-10-1)63-104-94-47-86(48-95(57-94)105-64-77-27-11-2-12-28-77)71-112-90-43-84(44-91(55-90)113-72-87-49-96(106-65-78-29-13-3-14-30-78)58-97(50-87)107-66-79-31-15-4-16-32-79)61-102-41-42-103(75-102)62-85-45-92(114-73-88-51-98(108-67-80-33-17-5-18-34-80)59-99(52-88)109-68-81-35-19-6-20-36-81)56-93(46-85)115-74-89-53-100(110-69-82-37-21-7-22-38-82)60-101(54-89)111-70-83-39-23-8-24-40-83/h1-60H,61-75H2. The number of rotatable bonds is 40. The second kappa shape index (κ2) is 39.8. The SMILES string of the molecule is C1=CN(Cc2cc(OCc3cc(OCc4ccccc4)cc(OCc4ccccc4)c3)cc(OCc3cc(OCc4ccccc4)cc(OCc4ccccc4)c3)c2)CN1Cc1cc(OCc2cc(OCc3ccccc3)cc(OCc3ccccc3)c2)cc(OCc2cc(OCc3ccccc3)cc(OCc3ccccc3)c2)c1. The van der Waals surface area contributed by atoms with Crippen LogP contribution in [0.1, 0.15) is 77.9 Å². The molecule has 1 aliphatic heterocycles. The van der Waals surface area contributed by atoms with Crippen molar-refractivity contribution >= 4 is 0 Å². The molecule has 0 aliphatic carbocycles. The maximum absolute atomic E-state index is 6.84. The Morgan fingerprint density at radius 2 is 0.278 bits per heavy atom. The van der Waals surface area contributed by atoms with Crippen molar-refractivity contribution in [1.82, 2.24) is 9.80 Å². The third kappa shape index (κ3) is 24.3. The van der Waals surface area contributed by atoms with Crippen molar-refractivity contribution in [3.63, 3.8) is 0 Å². The number of hydrogen-bond donors (Lipinski definition) is 0. The van der Waals surface area contributed by atoms with Crippen molar-refractivity contribution in [2.45, 2.75) is 92.4 Å². The van der Waals surface area contributed by atoms with Gasteiger partial charge in [0.2, 0.25) is 0 Å². The number of benzene rings is 14. The molecule has 0 saturated heterocycles. The topological polar surface area (TPSA) is 117 Å². The molecule has 1 aliphatic rings. The first kappa shape index (κ1) is 76.4. The zero-order valence-electron chi connectivity index (χ0n) is 64.0. The van der Waals surface area contributed by atoms with Gasteiger partial charge in [-0.15, -0.1) is 0 Å². The molecular weight excluding hydrogens is 1430 g/mol. The average Bonchev–Trinajstić information content (AvgIpc) is 1.82. The van der Waals surface area contributed by atoms with Gasteiger partial charge in [0, 0.05) is 61.9 Å². The van der Waals surface area contributed by atoms with Crippen molar-refractivity contribution < 1.29 is 56.8 Å². The van der Waals surface area contributed by atoms with Crippen LogP contribution in [-0.4, -0.2) is 16.5 Å². The van der Waals surface area contributed by atoms with Crippen molar-refractivity contribution in [2.24, 2.45) is 0 Å². The Morgan fingerprint density at radius 3 is 0.426 bits per heavy atom. The summed E-state index contributed by atoms with van der Waals surface area (Å²) >= 11 is 0. The number of ether oxygens (including phenoxy) is 12. The average molecular weight is 1520 g/mol. The van der Waals surface area contributed by atoms with Crippen molar-refractivity contribution in [3.8, 4) is 69.0 Å². The van der Waals surface area contributed by atoms with Gasteiger partial charge in [-0.1, -0.05) is 243 Å². The minimum atomic E-state index is 0.210. The third-order valence-corrected chi connectivity index (χ3v) is 18.9. The van der Waals surface area contributed by atoms with Crippen molar-refractivity contribution in [1.29, 1.82) is 0 Å². The molecule has 0 N–H and O–H groups in total. The summed E-state index contributed by atoms with van der Waals surface area (Å²) in [6, 6.07) is 117. The third-order valence-electron chi connectivity index (χ3n) is 18.9. The molecule has 0 atom stereocenters. The van der Waals surface area contributed by atoms with Crippen molar-refractivity contribution in [3.05, 3.63) is 442 Å². The minimum Gasteiger partial charge on any atom is -0.489 e. The van der Waals surface area contributed by atoms with Crippen LogP contribution in [0.25, 0.3) is 0 Å². The quantitative estimate of drug-likeness (QED) is 0.0363. The Balaban J connectivity index is 0.694. The maximum Gasteiger partial charge on any atom is 0.123 e. The summed E-state index contributed by atoms with van der Waals surface area (Å²) in [6.07, 6.45) is 4.24. The highest BCUT2D eigenvalue weighted by atomic mass is 16.5.